The van der Waals surface area contributed by atoms with Gasteiger partial charge in [0.05, 0.1) is 27.5 Å². The minimum atomic E-state index is -4.13. The molecule has 35 heavy (non-hydrogen) atoms. The van der Waals surface area contributed by atoms with Crippen LogP contribution in [-0.4, -0.2) is 28.0 Å². The zero-order valence-electron chi connectivity index (χ0n) is 18.9. The molecule has 0 fully saturated rings. The lowest BCUT2D eigenvalue weighted by Crippen LogP contribution is -2.35. The zero-order valence-corrected chi connectivity index (χ0v) is 20.5. The molecule has 0 aliphatic heterocycles. The van der Waals surface area contributed by atoms with Gasteiger partial charge >= 0.3 is 0 Å². The van der Waals surface area contributed by atoms with E-state index in [1.165, 1.54) is 30.3 Å². The number of hydrogen-bond donors (Lipinski definition) is 1. The molecule has 1 atom stereocenters. The van der Waals surface area contributed by atoms with Crippen LogP contribution in [0.2, 0.25) is 0 Å². The number of fused-ring (bicyclic) bond motifs is 1. The quantitative estimate of drug-likeness (QED) is 0.271. The topological polar surface area (TPSA) is 132 Å². The highest BCUT2D eigenvalue weighted by atomic mass is 32.2. The molecule has 0 radical (unpaired) electrons. The number of hydrogen-bond acceptors (Lipinski definition) is 8. The van der Waals surface area contributed by atoms with E-state index in [-0.39, 0.29) is 22.9 Å². The van der Waals surface area contributed by atoms with Gasteiger partial charge in [-0.05, 0) is 53.3 Å². The number of carbonyl (C=O) groups excluding carboxylic acids is 1. The lowest BCUT2D eigenvalue weighted by molar-refractivity contribution is -0.384. The van der Waals surface area contributed by atoms with E-state index in [4.69, 9.17) is 0 Å². The minimum absolute atomic E-state index is 0.0245. The first-order valence-corrected chi connectivity index (χ1v) is 13.0. The summed E-state index contributed by atoms with van der Waals surface area (Å²) in [4.78, 5) is 24.0. The first-order valence-electron chi connectivity index (χ1n) is 10.8. The van der Waals surface area contributed by atoms with Gasteiger partial charge in [-0.1, -0.05) is 44.2 Å². The lowest BCUT2D eigenvalue weighted by atomic mass is 9.91. The van der Waals surface area contributed by atoms with Gasteiger partial charge in [-0.2, -0.15) is 8.75 Å². The minimum Gasteiger partial charge on any atom is -0.273 e. The summed E-state index contributed by atoms with van der Waals surface area (Å²) in [5, 5.41) is 11.2. The average molecular weight is 511 g/mol. The van der Waals surface area contributed by atoms with Gasteiger partial charge in [0, 0.05) is 12.1 Å². The summed E-state index contributed by atoms with van der Waals surface area (Å²) < 4.78 is 36.5. The molecule has 0 saturated heterocycles. The molecule has 1 unspecified atom stereocenters. The molecule has 0 spiro atoms. The van der Waals surface area contributed by atoms with Crippen LogP contribution in [-0.2, 0) is 21.2 Å². The summed E-state index contributed by atoms with van der Waals surface area (Å²) in [7, 11) is -4.13. The Balaban J connectivity index is 1.67. The monoisotopic (exact) mass is 510 g/mol. The Kier molecular flexibility index (Phi) is 6.90. The van der Waals surface area contributed by atoms with Crippen molar-refractivity contribution < 1.29 is 18.1 Å². The summed E-state index contributed by atoms with van der Waals surface area (Å²) in [6, 6.07) is 17.4. The number of non-ortho nitro benzene ring substituents is 1. The summed E-state index contributed by atoms with van der Waals surface area (Å²) in [5.41, 5.74) is 3.15. The van der Waals surface area contributed by atoms with E-state index in [1.54, 1.807) is 36.4 Å². The van der Waals surface area contributed by atoms with E-state index in [1.807, 2.05) is 13.8 Å². The van der Waals surface area contributed by atoms with Gasteiger partial charge < -0.3 is 0 Å². The molecule has 11 heteroatoms. The third kappa shape index (κ3) is 5.52. The number of nitrogens with zero attached hydrogens (tertiary/aromatic N) is 3. The van der Waals surface area contributed by atoms with Gasteiger partial charge in [0.15, 0.2) is 0 Å². The highest BCUT2D eigenvalue weighted by Gasteiger charge is 2.27. The van der Waals surface area contributed by atoms with Gasteiger partial charge in [-0.25, -0.2) is 13.1 Å². The van der Waals surface area contributed by atoms with E-state index in [9.17, 15) is 23.3 Å². The second-order valence-electron chi connectivity index (χ2n) is 8.39. The van der Waals surface area contributed by atoms with Crippen molar-refractivity contribution in [1.82, 2.24) is 13.5 Å². The fourth-order valence-electron chi connectivity index (χ4n) is 3.70. The molecule has 3 aromatic carbocycles. The fourth-order valence-corrected chi connectivity index (χ4v) is 5.24. The SMILES string of the molecule is CC(C)c1ccc(S(=O)(=O)NC(=O)C(Cc2cccc([N+](=O)[O-])c2)c2ccc3nsnc3c2)cc1. The second kappa shape index (κ2) is 9.88. The molecule has 4 rings (SSSR count). The van der Waals surface area contributed by atoms with Crippen molar-refractivity contribution in [3.8, 4) is 0 Å². The molecule has 0 aliphatic carbocycles. The number of nitrogens with one attached hydrogen (secondary N) is 1. The van der Waals surface area contributed by atoms with Crippen LogP contribution in [0, 0.1) is 10.1 Å². The number of nitro benzene ring substituents is 1. The summed E-state index contributed by atoms with van der Waals surface area (Å²) in [6.45, 7) is 4.00. The molecule has 0 aliphatic rings. The standard InChI is InChI=1S/C24H22N4O5S2/c1-15(2)17-6-9-20(10-7-17)35(32,33)27-24(29)21(13-16-4-3-5-19(12-16)28(30)31)18-8-11-22-23(14-18)26-34-25-22/h3-12,14-15,21H,13H2,1-2H3,(H,27,29). The zero-order chi connectivity index (χ0) is 25.2. The molecule has 0 saturated carbocycles. The number of rotatable bonds is 8. The summed E-state index contributed by atoms with van der Waals surface area (Å²) in [5.74, 6) is -1.45. The molecule has 1 heterocycles. The fraction of sp³-hybridized carbons (Fsp3) is 0.208. The maximum atomic E-state index is 13.3. The van der Waals surface area contributed by atoms with Crippen molar-refractivity contribution in [1.29, 1.82) is 0 Å². The lowest BCUT2D eigenvalue weighted by Gasteiger charge is -2.18. The van der Waals surface area contributed by atoms with Crippen molar-refractivity contribution in [2.45, 2.75) is 37.0 Å². The van der Waals surface area contributed by atoms with Crippen molar-refractivity contribution >= 4 is 44.4 Å². The largest absolute Gasteiger partial charge is 0.273 e. The summed E-state index contributed by atoms with van der Waals surface area (Å²) >= 11 is 1.03. The number of carbonyl (C=O) groups is 1. The van der Waals surface area contributed by atoms with E-state index >= 15 is 0 Å². The third-order valence-corrected chi connectivity index (χ3v) is 7.57. The first-order chi connectivity index (χ1) is 16.6. The molecular weight excluding hydrogens is 488 g/mol. The molecule has 4 aromatic rings. The van der Waals surface area contributed by atoms with Gasteiger partial charge in [0.2, 0.25) is 5.91 Å². The molecule has 1 amide bonds. The Morgan fingerprint density at radius 3 is 2.37 bits per heavy atom. The number of benzene rings is 3. The van der Waals surface area contributed by atoms with Crippen molar-refractivity contribution in [2.24, 2.45) is 0 Å². The number of sulfonamides is 1. The first kappa shape index (κ1) is 24.4. The van der Waals surface area contributed by atoms with Crippen LogP contribution in [0.1, 0.15) is 42.4 Å². The Morgan fingerprint density at radius 2 is 1.69 bits per heavy atom. The van der Waals surface area contributed by atoms with Crippen LogP contribution in [0.25, 0.3) is 11.0 Å². The van der Waals surface area contributed by atoms with Gasteiger partial charge in [-0.3, -0.25) is 14.9 Å². The third-order valence-electron chi connectivity index (χ3n) is 5.65. The van der Waals surface area contributed by atoms with Gasteiger partial charge in [0.25, 0.3) is 15.7 Å². The Bertz CT molecular complexity index is 1500. The van der Waals surface area contributed by atoms with Crippen LogP contribution in [0.4, 0.5) is 5.69 Å². The van der Waals surface area contributed by atoms with Crippen molar-refractivity contribution in [3.05, 3.63) is 93.5 Å². The maximum Gasteiger partial charge on any atom is 0.269 e. The van der Waals surface area contributed by atoms with Crippen LogP contribution in [0.3, 0.4) is 0 Å². The molecule has 180 valence electrons. The Hall–Kier alpha value is -3.70. The van der Waals surface area contributed by atoms with E-state index in [0.29, 0.717) is 22.2 Å². The predicted molar refractivity (Wildman–Crippen MR) is 133 cm³/mol. The maximum absolute atomic E-state index is 13.3. The predicted octanol–water partition coefficient (Wildman–Crippen LogP) is 4.55. The molecule has 1 N–H and O–H groups in total. The van der Waals surface area contributed by atoms with Gasteiger partial charge in [0.1, 0.15) is 11.0 Å². The number of amides is 1. The number of aromatic nitrogens is 2. The highest BCUT2D eigenvalue weighted by molar-refractivity contribution is 7.90. The molecule has 9 nitrogen and oxygen atoms in total. The van der Waals surface area contributed by atoms with Crippen LogP contribution in [0.15, 0.2) is 71.6 Å². The normalized spacial score (nSPS) is 12.5. The van der Waals surface area contributed by atoms with E-state index in [2.05, 4.69) is 13.5 Å². The second-order valence-corrected chi connectivity index (χ2v) is 10.6. The van der Waals surface area contributed by atoms with Crippen molar-refractivity contribution in [2.75, 3.05) is 0 Å². The Morgan fingerprint density at radius 1 is 1.00 bits per heavy atom. The smallest absolute Gasteiger partial charge is 0.269 e. The van der Waals surface area contributed by atoms with Gasteiger partial charge in [-0.15, -0.1) is 0 Å². The number of nitro groups is 1. The van der Waals surface area contributed by atoms with Crippen molar-refractivity contribution in [3.63, 3.8) is 0 Å². The van der Waals surface area contributed by atoms with E-state index in [0.717, 1.165) is 17.3 Å². The Labute approximate surface area is 206 Å². The highest BCUT2D eigenvalue weighted by Crippen LogP contribution is 2.27. The van der Waals surface area contributed by atoms with E-state index < -0.39 is 26.8 Å². The average Bonchev–Trinajstić information content (AvgIpc) is 3.30. The molecule has 0 bridgehead atoms. The molecule has 1 aromatic heterocycles. The summed E-state index contributed by atoms with van der Waals surface area (Å²) in [6.07, 6.45) is 0.0540. The van der Waals surface area contributed by atoms with Crippen LogP contribution < -0.4 is 4.72 Å². The van der Waals surface area contributed by atoms with Crippen LogP contribution >= 0.6 is 11.7 Å². The molecular formula is C24H22N4O5S2. The van der Waals surface area contributed by atoms with Crippen LogP contribution in [0.5, 0.6) is 0 Å².